The summed E-state index contributed by atoms with van der Waals surface area (Å²) < 4.78 is 28.8. The third-order valence-corrected chi connectivity index (χ3v) is 3.46. The zero-order valence-corrected chi connectivity index (χ0v) is 11.2. The van der Waals surface area contributed by atoms with Crippen LogP contribution in [0.5, 0.6) is 0 Å². The van der Waals surface area contributed by atoms with Gasteiger partial charge in [-0.25, -0.2) is 13.8 Å². The molecule has 0 aliphatic carbocycles. The van der Waals surface area contributed by atoms with Gasteiger partial charge >= 0.3 is 0 Å². The molecule has 3 rings (SSSR count). The maximum Gasteiger partial charge on any atom is 0.205 e. The molecule has 6 heteroatoms. The van der Waals surface area contributed by atoms with Crippen molar-refractivity contribution in [3.63, 3.8) is 0 Å². The lowest BCUT2D eigenvalue weighted by Crippen LogP contribution is -2.01. The smallest absolute Gasteiger partial charge is 0.205 e. The molecule has 1 aromatic heterocycles. The van der Waals surface area contributed by atoms with E-state index >= 15 is 0 Å². The van der Waals surface area contributed by atoms with Gasteiger partial charge in [-0.15, -0.1) is 0 Å². The molecule has 0 saturated heterocycles. The normalized spacial score (nSPS) is 11.1. The van der Waals surface area contributed by atoms with Crippen LogP contribution in [-0.2, 0) is 0 Å². The molecular formula is C13H8BrF2N3. The minimum Gasteiger partial charge on any atom is -0.369 e. The number of fused-ring (bicyclic) bond motifs is 1. The van der Waals surface area contributed by atoms with Crippen LogP contribution in [0, 0.1) is 11.6 Å². The highest BCUT2D eigenvalue weighted by molar-refractivity contribution is 9.10. The number of nitrogens with two attached hydrogens (primary N) is 1. The summed E-state index contributed by atoms with van der Waals surface area (Å²) in [4.78, 5) is 4.08. The van der Waals surface area contributed by atoms with Crippen molar-refractivity contribution in [1.29, 1.82) is 0 Å². The minimum atomic E-state index is -0.393. The van der Waals surface area contributed by atoms with E-state index in [1.807, 2.05) is 0 Å². The first-order valence-corrected chi connectivity index (χ1v) is 6.24. The summed E-state index contributed by atoms with van der Waals surface area (Å²) in [6, 6.07) is 8.42. The second-order valence-electron chi connectivity index (χ2n) is 4.03. The van der Waals surface area contributed by atoms with E-state index in [-0.39, 0.29) is 11.8 Å². The summed E-state index contributed by atoms with van der Waals surface area (Å²) in [6.45, 7) is 0. The summed E-state index contributed by atoms with van der Waals surface area (Å²) >= 11 is 3.34. The number of anilines is 1. The Morgan fingerprint density at radius 1 is 1.05 bits per heavy atom. The van der Waals surface area contributed by atoms with Crippen LogP contribution in [-0.4, -0.2) is 9.55 Å². The Bertz CT molecular complexity index is 783. The molecule has 0 spiro atoms. The predicted molar refractivity (Wildman–Crippen MR) is 73.1 cm³/mol. The van der Waals surface area contributed by atoms with Gasteiger partial charge in [-0.05, 0) is 46.3 Å². The Morgan fingerprint density at radius 2 is 1.74 bits per heavy atom. The van der Waals surface area contributed by atoms with E-state index in [0.29, 0.717) is 21.2 Å². The number of rotatable bonds is 1. The van der Waals surface area contributed by atoms with Crippen LogP contribution in [0.2, 0.25) is 0 Å². The Labute approximate surface area is 115 Å². The first-order chi connectivity index (χ1) is 9.06. The topological polar surface area (TPSA) is 43.8 Å². The van der Waals surface area contributed by atoms with E-state index in [1.54, 1.807) is 16.7 Å². The molecule has 0 amide bonds. The molecule has 96 valence electrons. The van der Waals surface area contributed by atoms with Crippen LogP contribution in [0.4, 0.5) is 14.7 Å². The van der Waals surface area contributed by atoms with Gasteiger partial charge in [0.15, 0.2) is 0 Å². The second-order valence-corrected chi connectivity index (χ2v) is 4.89. The quantitative estimate of drug-likeness (QED) is 0.742. The summed E-state index contributed by atoms with van der Waals surface area (Å²) in [5.74, 6) is -0.607. The van der Waals surface area contributed by atoms with E-state index in [0.717, 1.165) is 0 Å². The van der Waals surface area contributed by atoms with E-state index in [1.165, 1.54) is 24.3 Å². The van der Waals surface area contributed by atoms with E-state index in [2.05, 4.69) is 20.9 Å². The van der Waals surface area contributed by atoms with Gasteiger partial charge in [0.1, 0.15) is 11.6 Å². The number of aromatic nitrogens is 2. The van der Waals surface area contributed by atoms with Gasteiger partial charge in [0.25, 0.3) is 0 Å². The molecule has 3 nitrogen and oxygen atoms in total. The molecule has 0 fully saturated rings. The summed E-state index contributed by atoms with van der Waals surface area (Å²) in [6.07, 6.45) is 0. The maximum absolute atomic E-state index is 13.4. The summed E-state index contributed by atoms with van der Waals surface area (Å²) in [7, 11) is 0. The van der Waals surface area contributed by atoms with Gasteiger partial charge in [0, 0.05) is 10.5 Å². The molecule has 0 unspecified atom stereocenters. The van der Waals surface area contributed by atoms with Crippen molar-refractivity contribution < 1.29 is 8.78 Å². The van der Waals surface area contributed by atoms with E-state index in [9.17, 15) is 8.78 Å². The lowest BCUT2D eigenvalue weighted by molar-refractivity contribution is 0.626. The van der Waals surface area contributed by atoms with Crippen molar-refractivity contribution in [3.8, 4) is 5.69 Å². The fourth-order valence-corrected chi connectivity index (χ4v) is 2.41. The fraction of sp³-hybridized carbons (Fsp3) is 0. The molecule has 0 aliphatic rings. The Balaban J connectivity index is 2.36. The molecule has 2 aromatic carbocycles. The van der Waals surface area contributed by atoms with Crippen LogP contribution in [0.25, 0.3) is 16.7 Å². The fourth-order valence-electron chi connectivity index (χ4n) is 1.98. The summed E-state index contributed by atoms with van der Waals surface area (Å²) in [5.41, 5.74) is 7.40. The third-order valence-electron chi connectivity index (χ3n) is 2.79. The van der Waals surface area contributed by atoms with Crippen LogP contribution in [0.1, 0.15) is 0 Å². The molecule has 0 saturated carbocycles. The Hall–Kier alpha value is -1.95. The maximum atomic E-state index is 13.4. The van der Waals surface area contributed by atoms with Crippen molar-refractivity contribution in [1.82, 2.24) is 9.55 Å². The standard InChI is InChI=1S/C13H8BrF2N3/c14-9-3-1-8(16)6-12(9)19-11-4-2-7(15)5-10(11)18-13(19)17/h1-6H,(H2,17,18). The van der Waals surface area contributed by atoms with Crippen molar-refractivity contribution >= 4 is 32.9 Å². The third kappa shape index (κ3) is 1.98. The van der Waals surface area contributed by atoms with Crippen LogP contribution in [0.3, 0.4) is 0 Å². The van der Waals surface area contributed by atoms with Gasteiger partial charge < -0.3 is 5.73 Å². The highest BCUT2D eigenvalue weighted by atomic mass is 79.9. The van der Waals surface area contributed by atoms with Gasteiger partial charge in [-0.3, -0.25) is 4.57 Å². The number of nitrogens with zero attached hydrogens (tertiary/aromatic N) is 2. The SMILES string of the molecule is Nc1nc2cc(F)ccc2n1-c1cc(F)ccc1Br. The van der Waals surface area contributed by atoms with Crippen molar-refractivity contribution in [2.45, 2.75) is 0 Å². The lowest BCUT2D eigenvalue weighted by atomic mass is 10.2. The minimum absolute atomic E-state index is 0.173. The zero-order valence-electron chi connectivity index (χ0n) is 9.57. The average Bonchev–Trinajstić information content (AvgIpc) is 2.67. The molecule has 2 N–H and O–H groups in total. The average molecular weight is 324 g/mol. The molecular weight excluding hydrogens is 316 g/mol. The van der Waals surface area contributed by atoms with Gasteiger partial charge in [0.05, 0.1) is 16.7 Å². The predicted octanol–water partition coefficient (Wildman–Crippen LogP) is 3.65. The monoisotopic (exact) mass is 323 g/mol. The van der Waals surface area contributed by atoms with Gasteiger partial charge in [0.2, 0.25) is 5.95 Å². The number of hydrogen-bond donors (Lipinski definition) is 1. The molecule has 0 atom stereocenters. The number of benzene rings is 2. The molecule has 0 aliphatic heterocycles. The van der Waals surface area contributed by atoms with E-state index in [4.69, 9.17) is 5.73 Å². The van der Waals surface area contributed by atoms with Crippen molar-refractivity contribution in [3.05, 3.63) is 52.5 Å². The Morgan fingerprint density at radius 3 is 2.53 bits per heavy atom. The second kappa shape index (κ2) is 4.31. The highest BCUT2D eigenvalue weighted by Gasteiger charge is 2.13. The van der Waals surface area contributed by atoms with Crippen molar-refractivity contribution in [2.75, 3.05) is 5.73 Å². The molecule has 0 bridgehead atoms. The summed E-state index contributed by atoms with van der Waals surface area (Å²) in [5, 5.41) is 0. The molecule has 3 aromatic rings. The van der Waals surface area contributed by atoms with Crippen LogP contribution >= 0.6 is 15.9 Å². The van der Waals surface area contributed by atoms with Crippen molar-refractivity contribution in [2.24, 2.45) is 0 Å². The first-order valence-electron chi connectivity index (χ1n) is 5.45. The van der Waals surface area contributed by atoms with Crippen LogP contribution < -0.4 is 5.73 Å². The van der Waals surface area contributed by atoms with Gasteiger partial charge in [-0.1, -0.05) is 0 Å². The molecule has 19 heavy (non-hydrogen) atoms. The number of nitrogen functional groups attached to an aromatic ring is 1. The van der Waals surface area contributed by atoms with Crippen LogP contribution in [0.15, 0.2) is 40.9 Å². The number of imidazole rings is 1. The van der Waals surface area contributed by atoms with E-state index < -0.39 is 5.82 Å². The molecule has 1 heterocycles. The largest absolute Gasteiger partial charge is 0.369 e. The number of hydrogen-bond acceptors (Lipinski definition) is 2. The van der Waals surface area contributed by atoms with Gasteiger partial charge in [-0.2, -0.15) is 0 Å². The number of halogens is 3. The zero-order chi connectivity index (χ0) is 13.6. The lowest BCUT2D eigenvalue weighted by Gasteiger charge is -2.09. The first kappa shape index (κ1) is 12.1. The molecule has 0 radical (unpaired) electrons. The Kier molecular flexibility index (Phi) is 2.74. The highest BCUT2D eigenvalue weighted by Crippen LogP contribution is 2.29.